The molecule has 38 heavy (non-hydrogen) atoms. The highest BCUT2D eigenvalue weighted by molar-refractivity contribution is 8.26. The van der Waals surface area contributed by atoms with E-state index in [0.717, 1.165) is 33.8 Å². The van der Waals surface area contributed by atoms with E-state index in [0.29, 0.717) is 27.3 Å². The van der Waals surface area contributed by atoms with Gasteiger partial charge in [-0.3, -0.25) is 14.5 Å². The van der Waals surface area contributed by atoms with Gasteiger partial charge >= 0.3 is 5.97 Å². The van der Waals surface area contributed by atoms with Crippen LogP contribution in [-0.4, -0.2) is 63.4 Å². The van der Waals surface area contributed by atoms with Gasteiger partial charge in [-0.05, 0) is 42.3 Å². The molecule has 0 aliphatic carbocycles. The number of fused-ring (bicyclic) bond motifs is 1. The van der Waals surface area contributed by atoms with E-state index in [2.05, 4.69) is 10.3 Å². The molecule has 2 amide bonds. The predicted octanol–water partition coefficient (Wildman–Crippen LogP) is 3.98. The number of H-pyrrole nitrogens is 1. The van der Waals surface area contributed by atoms with Gasteiger partial charge in [0.25, 0.3) is 5.91 Å². The number of hydrogen-bond acceptors (Lipinski definition) is 7. The van der Waals surface area contributed by atoms with Crippen molar-refractivity contribution in [2.75, 3.05) is 20.3 Å². The maximum atomic E-state index is 13.0. The lowest BCUT2D eigenvalue weighted by Crippen LogP contribution is -2.43. The van der Waals surface area contributed by atoms with E-state index < -0.39 is 17.9 Å². The Labute approximate surface area is 229 Å². The van der Waals surface area contributed by atoms with Crippen LogP contribution in [0.2, 0.25) is 0 Å². The quantitative estimate of drug-likeness (QED) is 0.241. The summed E-state index contributed by atoms with van der Waals surface area (Å²) in [6, 6.07) is 11.8. The van der Waals surface area contributed by atoms with Gasteiger partial charge < -0.3 is 24.9 Å². The zero-order valence-corrected chi connectivity index (χ0v) is 22.5. The molecule has 11 heteroatoms. The van der Waals surface area contributed by atoms with Crippen LogP contribution in [0.4, 0.5) is 0 Å². The number of para-hydroxylation sites is 1. The summed E-state index contributed by atoms with van der Waals surface area (Å²) in [5.74, 6) is -0.771. The van der Waals surface area contributed by atoms with Gasteiger partial charge in [0.15, 0.2) is 11.5 Å². The number of ether oxygens (including phenoxy) is 2. The Hall–Kier alpha value is -3.83. The molecule has 1 fully saturated rings. The molecule has 1 aromatic heterocycles. The number of carbonyl (C=O) groups excluding carboxylic acids is 2. The summed E-state index contributed by atoms with van der Waals surface area (Å²) in [5, 5.41) is 13.2. The number of carbonyl (C=O) groups is 3. The van der Waals surface area contributed by atoms with Gasteiger partial charge in [-0.15, -0.1) is 0 Å². The summed E-state index contributed by atoms with van der Waals surface area (Å²) in [5.41, 5.74) is 2.43. The van der Waals surface area contributed by atoms with E-state index in [1.54, 1.807) is 31.5 Å². The minimum absolute atomic E-state index is 0.0415. The number of rotatable bonds is 11. The first-order valence-corrected chi connectivity index (χ1v) is 13.2. The number of carboxylic acid groups (broad SMARTS) is 1. The summed E-state index contributed by atoms with van der Waals surface area (Å²) in [7, 11) is 1.54. The van der Waals surface area contributed by atoms with Crippen LogP contribution in [0, 0.1) is 0 Å². The highest BCUT2D eigenvalue weighted by Crippen LogP contribution is 2.35. The van der Waals surface area contributed by atoms with Crippen molar-refractivity contribution in [3.8, 4) is 11.5 Å². The second kappa shape index (κ2) is 12.1. The summed E-state index contributed by atoms with van der Waals surface area (Å²) in [6.45, 7) is 2.42. The van der Waals surface area contributed by atoms with E-state index in [1.807, 2.05) is 37.3 Å². The monoisotopic (exact) mass is 553 g/mol. The molecule has 0 bridgehead atoms. The molecule has 1 atom stereocenters. The van der Waals surface area contributed by atoms with E-state index in [9.17, 15) is 19.5 Å². The van der Waals surface area contributed by atoms with Crippen molar-refractivity contribution < 1.29 is 29.0 Å². The Bertz CT molecular complexity index is 1420. The van der Waals surface area contributed by atoms with Gasteiger partial charge in [0.2, 0.25) is 5.91 Å². The SMILES string of the molecule is CCOc1ccc(/C=C2/SC(=S)N(CCC(=O)NC(Cc3c[nH]c4ccccc34)C(=O)O)C2=O)cc1OC. The fourth-order valence-electron chi connectivity index (χ4n) is 4.09. The molecule has 1 saturated heterocycles. The number of benzene rings is 2. The number of aliphatic carboxylic acids is 1. The minimum Gasteiger partial charge on any atom is -0.493 e. The number of hydrogen-bond donors (Lipinski definition) is 3. The molecule has 3 aromatic rings. The smallest absolute Gasteiger partial charge is 0.326 e. The molecular formula is C27H27N3O6S2. The highest BCUT2D eigenvalue weighted by atomic mass is 32.2. The summed E-state index contributed by atoms with van der Waals surface area (Å²) in [6.07, 6.45) is 3.49. The van der Waals surface area contributed by atoms with Crippen LogP contribution < -0.4 is 14.8 Å². The number of thioether (sulfide) groups is 1. The van der Waals surface area contributed by atoms with Gasteiger partial charge in [0, 0.05) is 36.5 Å². The third-order valence-corrected chi connectivity index (χ3v) is 7.33. The Morgan fingerprint density at radius 2 is 2.03 bits per heavy atom. The number of aromatic amines is 1. The van der Waals surface area contributed by atoms with Crippen molar-refractivity contribution in [3.05, 3.63) is 64.7 Å². The number of methoxy groups -OCH3 is 1. The van der Waals surface area contributed by atoms with E-state index in [4.69, 9.17) is 21.7 Å². The molecule has 3 N–H and O–H groups in total. The van der Waals surface area contributed by atoms with E-state index >= 15 is 0 Å². The summed E-state index contributed by atoms with van der Waals surface area (Å²) >= 11 is 6.52. The molecule has 1 aliphatic rings. The van der Waals surface area contributed by atoms with Gasteiger partial charge in [0.05, 0.1) is 18.6 Å². The van der Waals surface area contributed by atoms with Crippen LogP contribution in [-0.2, 0) is 20.8 Å². The summed E-state index contributed by atoms with van der Waals surface area (Å²) in [4.78, 5) is 42.4. The van der Waals surface area contributed by atoms with E-state index in [-0.39, 0.29) is 25.3 Å². The average molecular weight is 554 g/mol. The standard InChI is InChI=1S/C27H27N3O6S2/c1-3-36-21-9-8-16(12-22(21)35-2)13-23-25(32)30(27(37)38-23)11-10-24(31)29-20(26(33)34)14-17-15-28-19-7-5-4-6-18(17)19/h4-9,12-13,15,20,28H,3,10-11,14H2,1-2H3,(H,29,31)(H,33,34)/b23-13+. The maximum Gasteiger partial charge on any atom is 0.326 e. The van der Waals surface area contributed by atoms with Gasteiger partial charge in [-0.2, -0.15) is 0 Å². The molecule has 4 rings (SSSR count). The van der Waals surface area contributed by atoms with Crippen LogP contribution >= 0.6 is 24.0 Å². The first-order valence-electron chi connectivity index (χ1n) is 11.9. The molecule has 1 unspecified atom stereocenters. The van der Waals surface area contributed by atoms with Crippen molar-refractivity contribution >= 4 is 63.1 Å². The molecule has 0 saturated carbocycles. The molecule has 0 radical (unpaired) electrons. The highest BCUT2D eigenvalue weighted by Gasteiger charge is 2.32. The van der Waals surface area contributed by atoms with Crippen LogP contribution in [0.25, 0.3) is 17.0 Å². The zero-order chi connectivity index (χ0) is 27.2. The third kappa shape index (κ3) is 6.17. The lowest BCUT2D eigenvalue weighted by atomic mass is 10.0. The van der Waals surface area contributed by atoms with Crippen molar-refractivity contribution in [2.45, 2.75) is 25.8 Å². The molecule has 2 heterocycles. The lowest BCUT2D eigenvalue weighted by Gasteiger charge is -2.17. The molecule has 0 spiro atoms. The van der Waals surface area contributed by atoms with Gasteiger partial charge in [0.1, 0.15) is 10.4 Å². The third-order valence-electron chi connectivity index (χ3n) is 5.95. The second-order valence-electron chi connectivity index (χ2n) is 8.45. The van der Waals surface area contributed by atoms with Crippen molar-refractivity contribution in [1.82, 2.24) is 15.2 Å². The maximum absolute atomic E-state index is 13.0. The number of aromatic nitrogens is 1. The Balaban J connectivity index is 1.37. The van der Waals surface area contributed by atoms with Gasteiger partial charge in [-0.25, -0.2) is 4.79 Å². The predicted molar refractivity (Wildman–Crippen MR) is 150 cm³/mol. The first-order chi connectivity index (χ1) is 18.3. The molecular weight excluding hydrogens is 526 g/mol. The lowest BCUT2D eigenvalue weighted by molar-refractivity contribution is -0.141. The number of nitrogens with zero attached hydrogens (tertiary/aromatic N) is 1. The van der Waals surface area contributed by atoms with Crippen molar-refractivity contribution in [2.24, 2.45) is 0 Å². The Morgan fingerprint density at radius 3 is 2.76 bits per heavy atom. The Morgan fingerprint density at radius 1 is 1.24 bits per heavy atom. The second-order valence-corrected chi connectivity index (χ2v) is 10.1. The fraction of sp³-hybridized carbons (Fsp3) is 0.259. The number of thiocarbonyl (C=S) groups is 1. The first kappa shape index (κ1) is 27.2. The van der Waals surface area contributed by atoms with Crippen LogP contribution in [0.15, 0.2) is 53.6 Å². The number of nitrogens with one attached hydrogen (secondary N) is 2. The fourth-order valence-corrected chi connectivity index (χ4v) is 5.40. The van der Waals surface area contributed by atoms with Crippen molar-refractivity contribution in [1.29, 1.82) is 0 Å². The topological polar surface area (TPSA) is 121 Å². The van der Waals surface area contributed by atoms with Gasteiger partial charge in [-0.1, -0.05) is 48.2 Å². The number of carboxylic acids is 1. The normalized spacial score (nSPS) is 15.2. The minimum atomic E-state index is -1.14. The van der Waals surface area contributed by atoms with Crippen LogP contribution in [0.3, 0.4) is 0 Å². The van der Waals surface area contributed by atoms with Crippen LogP contribution in [0.1, 0.15) is 24.5 Å². The zero-order valence-electron chi connectivity index (χ0n) is 20.9. The average Bonchev–Trinajstić information content (AvgIpc) is 3.43. The van der Waals surface area contributed by atoms with Crippen LogP contribution in [0.5, 0.6) is 11.5 Å². The van der Waals surface area contributed by atoms with Crippen molar-refractivity contribution in [3.63, 3.8) is 0 Å². The summed E-state index contributed by atoms with van der Waals surface area (Å²) < 4.78 is 11.2. The number of amides is 2. The van der Waals surface area contributed by atoms with E-state index in [1.165, 1.54) is 4.90 Å². The molecule has 9 nitrogen and oxygen atoms in total. The largest absolute Gasteiger partial charge is 0.493 e. The Kier molecular flexibility index (Phi) is 8.70. The molecule has 2 aromatic carbocycles. The molecule has 1 aliphatic heterocycles. The molecule has 198 valence electrons.